The molecule has 1 aliphatic heterocycles. The van der Waals surface area contributed by atoms with E-state index in [9.17, 15) is 14.7 Å². The first kappa shape index (κ1) is 25.7. The van der Waals surface area contributed by atoms with Crippen molar-refractivity contribution in [3.05, 3.63) is 118 Å². The number of amides is 2. The molecule has 0 saturated carbocycles. The number of carbonyl (C=O) groups excluding carboxylic acids is 2. The fourth-order valence-electron chi connectivity index (χ4n) is 4.08. The van der Waals surface area contributed by atoms with Crippen molar-refractivity contribution in [1.82, 2.24) is 10.7 Å². The second-order valence-corrected chi connectivity index (χ2v) is 9.01. The molecule has 0 aromatic heterocycles. The molecule has 0 fully saturated rings. The van der Waals surface area contributed by atoms with Gasteiger partial charge in [-0.25, -0.2) is 5.43 Å². The molecule has 3 N–H and O–H groups in total. The number of benzene rings is 4. The molecule has 0 radical (unpaired) electrons. The molecule has 39 heavy (non-hydrogen) atoms. The number of amidine groups is 1. The summed E-state index contributed by atoms with van der Waals surface area (Å²) in [6.07, 6.45) is 4.75. The van der Waals surface area contributed by atoms with Crippen LogP contribution in [0.1, 0.15) is 33.2 Å². The van der Waals surface area contributed by atoms with Crippen LogP contribution in [0.3, 0.4) is 0 Å². The molecule has 4 aromatic rings. The van der Waals surface area contributed by atoms with E-state index in [-0.39, 0.29) is 28.3 Å². The molecule has 4 aromatic carbocycles. The molecule has 0 saturated heterocycles. The van der Waals surface area contributed by atoms with Crippen molar-refractivity contribution in [2.24, 2.45) is 10.1 Å². The van der Waals surface area contributed by atoms with Crippen LogP contribution in [0.5, 0.6) is 5.75 Å². The number of phenols is 1. The minimum absolute atomic E-state index is 0.0880. The van der Waals surface area contributed by atoms with Crippen molar-refractivity contribution in [3.63, 3.8) is 0 Å². The monoisotopic (exact) mass is 538 g/mol. The largest absolute Gasteiger partial charge is 0.506 e. The Morgan fingerprint density at radius 3 is 2.49 bits per heavy atom. The average Bonchev–Trinajstić information content (AvgIpc) is 3.33. The number of carbonyl (C=O) groups is 2. The highest BCUT2D eigenvalue weighted by molar-refractivity contribution is 6.32. The quantitative estimate of drug-likeness (QED) is 0.221. The van der Waals surface area contributed by atoms with Gasteiger partial charge >= 0.3 is 0 Å². The van der Waals surface area contributed by atoms with Gasteiger partial charge in [0.25, 0.3) is 17.8 Å². The molecule has 194 valence electrons. The molecule has 2 amide bonds. The van der Waals surface area contributed by atoms with Gasteiger partial charge in [0.1, 0.15) is 5.75 Å². The lowest BCUT2D eigenvalue weighted by atomic mass is 10.00. The normalized spacial score (nSPS) is 15.1. The van der Waals surface area contributed by atoms with Gasteiger partial charge in [-0.3, -0.25) is 9.59 Å². The SMILES string of the molecule is O=C(N/N=C/c1ccc(/C=C/CNC2=NC(=O)C(c3ccccc3)O2)c2ccccc12)c1ccc(O)c(Cl)c1. The molecular formula is C30H23ClN4O4. The fraction of sp³-hybridized carbons (Fsp3) is 0.0667. The Balaban J connectivity index is 1.22. The maximum atomic E-state index is 12.4. The van der Waals surface area contributed by atoms with Crippen molar-refractivity contribution in [1.29, 1.82) is 0 Å². The van der Waals surface area contributed by atoms with E-state index < -0.39 is 12.0 Å². The Hall–Kier alpha value is -4.95. The van der Waals surface area contributed by atoms with Crippen molar-refractivity contribution >= 4 is 52.5 Å². The molecule has 5 rings (SSSR count). The molecule has 0 bridgehead atoms. The van der Waals surface area contributed by atoms with E-state index in [4.69, 9.17) is 16.3 Å². The first-order chi connectivity index (χ1) is 19.0. The third-order valence-electron chi connectivity index (χ3n) is 6.01. The third kappa shape index (κ3) is 5.97. The first-order valence-corrected chi connectivity index (χ1v) is 12.5. The zero-order chi connectivity index (χ0) is 27.2. The van der Waals surface area contributed by atoms with Gasteiger partial charge in [-0.15, -0.1) is 0 Å². The van der Waals surface area contributed by atoms with Crippen LogP contribution >= 0.6 is 11.6 Å². The topological polar surface area (TPSA) is 112 Å². The number of aliphatic imine (C=N–C) groups is 1. The maximum absolute atomic E-state index is 12.4. The standard InChI is InChI=1S/C30H23ClN4O4/c31-25-17-21(14-15-26(25)36)28(37)35-33-18-22-13-12-19(23-10-4-5-11-24(22)23)9-6-16-32-30-34-29(38)27(39-30)20-7-2-1-3-8-20/h1-15,17-18,27,36H,16H2,(H,35,37)(H,32,34,38)/b9-6+,33-18+. The van der Waals surface area contributed by atoms with Gasteiger partial charge < -0.3 is 15.2 Å². The Bertz CT molecular complexity index is 1630. The molecule has 0 aliphatic carbocycles. The van der Waals surface area contributed by atoms with E-state index in [0.717, 1.165) is 27.5 Å². The second kappa shape index (κ2) is 11.6. The van der Waals surface area contributed by atoms with Crippen LogP contribution in [0.15, 0.2) is 101 Å². The average molecular weight is 539 g/mol. The molecule has 8 nitrogen and oxygen atoms in total. The van der Waals surface area contributed by atoms with Gasteiger partial charge in [-0.1, -0.05) is 90.5 Å². The highest BCUT2D eigenvalue weighted by Crippen LogP contribution is 2.25. The summed E-state index contributed by atoms with van der Waals surface area (Å²) in [5.41, 5.74) is 5.33. The summed E-state index contributed by atoms with van der Waals surface area (Å²) >= 11 is 5.88. The van der Waals surface area contributed by atoms with Crippen LogP contribution < -0.4 is 10.7 Å². The van der Waals surface area contributed by atoms with Crippen molar-refractivity contribution < 1.29 is 19.4 Å². The molecule has 0 spiro atoms. The molecule has 1 atom stereocenters. The number of ether oxygens (including phenoxy) is 1. The highest BCUT2D eigenvalue weighted by atomic mass is 35.5. The van der Waals surface area contributed by atoms with E-state index in [1.165, 1.54) is 18.2 Å². The summed E-state index contributed by atoms with van der Waals surface area (Å²) in [6, 6.07) is 25.4. The number of nitrogens with zero attached hydrogens (tertiary/aromatic N) is 2. The van der Waals surface area contributed by atoms with Gasteiger partial charge in [-0.05, 0) is 34.5 Å². The summed E-state index contributed by atoms with van der Waals surface area (Å²) in [6.45, 7) is 0.415. The van der Waals surface area contributed by atoms with E-state index >= 15 is 0 Å². The lowest BCUT2D eigenvalue weighted by Crippen LogP contribution is -2.24. The number of phenolic OH excluding ortho intramolecular Hbond substituents is 1. The Morgan fingerprint density at radius 2 is 1.72 bits per heavy atom. The summed E-state index contributed by atoms with van der Waals surface area (Å²) in [4.78, 5) is 28.5. The number of aromatic hydroxyl groups is 1. The van der Waals surface area contributed by atoms with Gasteiger partial charge in [0, 0.05) is 23.2 Å². The van der Waals surface area contributed by atoms with Crippen LogP contribution in [0.4, 0.5) is 0 Å². The lowest BCUT2D eigenvalue weighted by molar-refractivity contribution is -0.122. The van der Waals surface area contributed by atoms with E-state index in [0.29, 0.717) is 6.54 Å². The van der Waals surface area contributed by atoms with Crippen LogP contribution in [-0.2, 0) is 9.53 Å². The minimum Gasteiger partial charge on any atom is -0.506 e. The molecule has 1 aliphatic rings. The van der Waals surface area contributed by atoms with Gasteiger partial charge in [0.15, 0.2) is 0 Å². The smallest absolute Gasteiger partial charge is 0.296 e. The third-order valence-corrected chi connectivity index (χ3v) is 6.31. The van der Waals surface area contributed by atoms with E-state index in [1.807, 2.05) is 78.9 Å². The zero-order valence-electron chi connectivity index (χ0n) is 20.5. The molecular weight excluding hydrogens is 516 g/mol. The van der Waals surface area contributed by atoms with Gasteiger partial charge in [0.05, 0.1) is 11.2 Å². The van der Waals surface area contributed by atoms with Gasteiger partial charge in [0.2, 0.25) is 6.10 Å². The molecule has 1 heterocycles. The Morgan fingerprint density at radius 1 is 1.00 bits per heavy atom. The van der Waals surface area contributed by atoms with Crippen molar-refractivity contribution in [2.45, 2.75) is 6.10 Å². The zero-order valence-corrected chi connectivity index (χ0v) is 21.3. The number of hydrogen-bond acceptors (Lipinski definition) is 6. The second-order valence-electron chi connectivity index (χ2n) is 8.60. The lowest BCUT2D eigenvalue weighted by Gasteiger charge is -2.10. The Labute approximate surface area is 229 Å². The number of hydrazone groups is 1. The molecule has 1 unspecified atom stereocenters. The summed E-state index contributed by atoms with van der Waals surface area (Å²) in [7, 11) is 0. The highest BCUT2D eigenvalue weighted by Gasteiger charge is 2.30. The number of hydrogen-bond donors (Lipinski definition) is 3. The summed E-state index contributed by atoms with van der Waals surface area (Å²) in [5.74, 6) is -0.878. The minimum atomic E-state index is -0.723. The van der Waals surface area contributed by atoms with Gasteiger partial charge in [-0.2, -0.15) is 10.1 Å². The van der Waals surface area contributed by atoms with Crippen molar-refractivity contribution in [3.8, 4) is 5.75 Å². The first-order valence-electron chi connectivity index (χ1n) is 12.1. The van der Waals surface area contributed by atoms with E-state index in [2.05, 4.69) is 20.8 Å². The maximum Gasteiger partial charge on any atom is 0.296 e. The number of halogens is 1. The predicted octanol–water partition coefficient (Wildman–Crippen LogP) is 5.22. The van der Waals surface area contributed by atoms with Crippen LogP contribution in [-0.4, -0.2) is 35.7 Å². The Kier molecular flexibility index (Phi) is 7.65. The van der Waals surface area contributed by atoms with E-state index in [1.54, 1.807) is 6.21 Å². The molecule has 9 heteroatoms. The summed E-state index contributed by atoms with van der Waals surface area (Å²) < 4.78 is 5.68. The summed E-state index contributed by atoms with van der Waals surface area (Å²) in [5, 5.41) is 18.7. The van der Waals surface area contributed by atoms with Crippen LogP contribution in [0, 0.1) is 0 Å². The fourth-order valence-corrected chi connectivity index (χ4v) is 4.26. The number of rotatable bonds is 7. The van der Waals surface area contributed by atoms with Crippen LogP contribution in [0.25, 0.3) is 16.8 Å². The number of nitrogens with one attached hydrogen (secondary N) is 2. The number of fused-ring (bicyclic) bond motifs is 1. The predicted molar refractivity (Wildman–Crippen MR) is 152 cm³/mol. The van der Waals surface area contributed by atoms with Crippen molar-refractivity contribution in [2.75, 3.05) is 6.54 Å². The van der Waals surface area contributed by atoms with Crippen LogP contribution in [0.2, 0.25) is 5.02 Å².